The van der Waals surface area contributed by atoms with Crippen LogP contribution in [0.5, 0.6) is 0 Å². The van der Waals surface area contributed by atoms with Crippen LogP contribution in [0.15, 0.2) is 36.4 Å². The molecule has 0 spiro atoms. The molecule has 1 aliphatic heterocycles. The molecule has 2 aliphatic rings. The van der Waals surface area contributed by atoms with Crippen LogP contribution in [-0.4, -0.2) is 40.9 Å². The molecule has 1 aliphatic carbocycles. The average molecular weight is 385 g/mol. The Bertz CT molecular complexity index is 774. The maximum Gasteiger partial charge on any atom is 0.319 e. The highest BCUT2D eigenvalue weighted by Gasteiger charge is 2.45. The third-order valence-corrected chi connectivity index (χ3v) is 5.74. The van der Waals surface area contributed by atoms with E-state index in [2.05, 4.69) is 10.2 Å². The van der Waals surface area contributed by atoms with Crippen molar-refractivity contribution < 1.29 is 19.5 Å². The van der Waals surface area contributed by atoms with Crippen LogP contribution in [0.4, 0.5) is 5.69 Å². The van der Waals surface area contributed by atoms with Crippen molar-refractivity contribution in [3.63, 3.8) is 0 Å². The van der Waals surface area contributed by atoms with Crippen LogP contribution in [0.2, 0.25) is 0 Å². The molecule has 28 heavy (non-hydrogen) atoms. The molecular weight excluding hydrogens is 358 g/mol. The lowest BCUT2D eigenvalue weighted by atomic mass is 9.76. The highest BCUT2D eigenvalue weighted by molar-refractivity contribution is 6.08. The lowest BCUT2D eigenvalue weighted by Gasteiger charge is -2.31. The number of nitrogens with zero attached hydrogens (tertiary/aromatic N) is 1. The Morgan fingerprint density at radius 3 is 2.57 bits per heavy atom. The number of amides is 2. The summed E-state index contributed by atoms with van der Waals surface area (Å²) in [6.07, 6.45) is 6.57. The minimum absolute atomic E-state index is 0.0935. The van der Waals surface area contributed by atoms with Crippen molar-refractivity contribution in [1.29, 1.82) is 0 Å². The van der Waals surface area contributed by atoms with E-state index in [0.717, 1.165) is 24.9 Å². The topological polar surface area (TPSA) is 113 Å². The van der Waals surface area contributed by atoms with Crippen LogP contribution >= 0.6 is 0 Å². The number of rotatable bonds is 6. The number of likely N-dealkylation sites (tertiary alicyclic amines) is 1. The molecule has 2 amide bonds. The van der Waals surface area contributed by atoms with Gasteiger partial charge >= 0.3 is 5.97 Å². The Labute approximate surface area is 164 Å². The van der Waals surface area contributed by atoms with Gasteiger partial charge in [0.15, 0.2) is 0 Å². The monoisotopic (exact) mass is 385 g/mol. The van der Waals surface area contributed by atoms with E-state index in [1.807, 2.05) is 18.2 Å². The highest BCUT2D eigenvalue weighted by atomic mass is 16.4. The normalized spacial score (nSPS) is 25.2. The molecule has 2 atom stereocenters. The summed E-state index contributed by atoms with van der Waals surface area (Å²) in [6.45, 7) is 2.31. The second-order valence-corrected chi connectivity index (χ2v) is 7.73. The first-order valence-corrected chi connectivity index (χ1v) is 9.71. The quantitative estimate of drug-likeness (QED) is 0.513. The van der Waals surface area contributed by atoms with Gasteiger partial charge in [-0.25, -0.2) is 0 Å². The molecule has 1 heterocycles. The number of carbonyl (C=O) groups is 3. The van der Waals surface area contributed by atoms with Crippen molar-refractivity contribution in [2.24, 2.45) is 17.1 Å². The van der Waals surface area contributed by atoms with Crippen molar-refractivity contribution in [3.8, 4) is 0 Å². The number of nitrogens with two attached hydrogens (primary N) is 1. The first-order valence-electron chi connectivity index (χ1n) is 9.71. The zero-order valence-electron chi connectivity index (χ0n) is 15.9. The number of anilines is 1. The van der Waals surface area contributed by atoms with E-state index in [1.54, 1.807) is 18.2 Å². The molecule has 0 radical (unpaired) electrons. The van der Waals surface area contributed by atoms with E-state index in [-0.39, 0.29) is 18.2 Å². The van der Waals surface area contributed by atoms with Crippen molar-refractivity contribution in [1.82, 2.24) is 4.90 Å². The highest BCUT2D eigenvalue weighted by Crippen LogP contribution is 2.34. The number of carboxylic acids is 1. The van der Waals surface area contributed by atoms with Gasteiger partial charge in [0.25, 0.3) is 0 Å². The number of piperidine rings is 1. The van der Waals surface area contributed by atoms with E-state index >= 15 is 0 Å². The maximum absolute atomic E-state index is 12.7. The van der Waals surface area contributed by atoms with E-state index in [0.29, 0.717) is 31.6 Å². The molecule has 7 heteroatoms. The Hall–Kier alpha value is -2.67. The number of carbonyl (C=O) groups excluding carboxylic acids is 2. The summed E-state index contributed by atoms with van der Waals surface area (Å²) < 4.78 is 0. The van der Waals surface area contributed by atoms with E-state index in [9.17, 15) is 19.5 Å². The molecule has 0 bridgehead atoms. The molecule has 1 fully saturated rings. The zero-order valence-corrected chi connectivity index (χ0v) is 15.9. The van der Waals surface area contributed by atoms with Crippen molar-refractivity contribution in [3.05, 3.63) is 42.0 Å². The Balaban J connectivity index is 1.61. The summed E-state index contributed by atoms with van der Waals surface area (Å²) in [6, 6.07) is 7.41. The lowest BCUT2D eigenvalue weighted by molar-refractivity contribution is -0.154. The summed E-state index contributed by atoms with van der Waals surface area (Å²) in [7, 11) is 0. The smallest absolute Gasteiger partial charge is 0.319 e. The molecule has 1 saturated heterocycles. The fraction of sp³-hybridized carbons (Fsp3) is 0.476. The zero-order chi connectivity index (χ0) is 20.1. The molecule has 3 rings (SSSR count). The maximum atomic E-state index is 12.7. The van der Waals surface area contributed by atoms with Crippen LogP contribution in [0.3, 0.4) is 0 Å². The Morgan fingerprint density at radius 2 is 1.96 bits per heavy atom. The van der Waals surface area contributed by atoms with Crippen LogP contribution in [-0.2, 0) is 20.9 Å². The second-order valence-electron chi connectivity index (χ2n) is 7.73. The third kappa shape index (κ3) is 4.42. The SMILES string of the molecule is NC(=O)C1CCCN(Cc2ccc(NC(=O)C3(C(=O)O)CC=CCC3)cc2)C1. The van der Waals surface area contributed by atoms with Gasteiger partial charge in [0.1, 0.15) is 5.41 Å². The molecular formula is C21H27N3O4. The lowest BCUT2D eigenvalue weighted by Crippen LogP contribution is -2.43. The summed E-state index contributed by atoms with van der Waals surface area (Å²) in [4.78, 5) is 38.0. The van der Waals surface area contributed by atoms with Crippen molar-refractivity contribution in [2.45, 2.75) is 38.6 Å². The van der Waals surface area contributed by atoms with Gasteiger partial charge in [-0.2, -0.15) is 0 Å². The third-order valence-electron chi connectivity index (χ3n) is 5.74. The van der Waals surface area contributed by atoms with Gasteiger partial charge in [-0.1, -0.05) is 24.3 Å². The first-order chi connectivity index (χ1) is 13.4. The summed E-state index contributed by atoms with van der Waals surface area (Å²) >= 11 is 0. The number of carboxylic acid groups (broad SMARTS) is 1. The van der Waals surface area contributed by atoms with Gasteiger partial charge in [0.05, 0.1) is 5.92 Å². The van der Waals surface area contributed by atoms with E-state index < -0.39 is 17.3 Å². The summed E-state index contributed by atoms with van der Waals surface area (Å²) in [5.74, 6) is -1.89. The predicted octanol–water partition coefficient (Wildman–Crippen LogP) is 2.13. The largest absolute Gasteiger partial charge is 0.480 e. The molecule has 0 aromatic heterocycles. The number of nitrogens with one attached hydrogen (secondary N) is 1. The molecule has 1 aromatic carbocycles. The molecule has 2 unspecified atom stereocenters. The molecule has 0 saturated carbocycles. The minimum atomic E-state index is -1.40. The van der Waals surface area contributed by atoms with E-state index in [4.69, 9.17) is 5.73 Å². The van der Waals surface area contributed by atoms with Gasteiger partial charge < -0.3 is 16.2 Å². The molecule has 1 aromatic rings. The number of hydrogen-bond donors (Lipinski definition) is 3. The first kappa shape index (κ1) is 20.1. The van der Waals surface area contributed by atoms with Crippen LogP contribution in [0, 0.1) is 11.3 Å². The fourth-order valence-electron chi connectivity index (χ4n) is 3.97. The van der Waals surface area contributed by atoms with Gasteiger partial charge in [-0.3, -0.25) is 19.3 Å². The average Bonchev–Trinajstić information content (AvgIpc) is 2.70. The fourth-order valence-corrected chi connectivity index (χ4v) is 3.97. The summed E-state index contributed by atoms with van der Waals surface area (Å²) in [5, 5.41) is 12.3. The predicted molar refractivity (Wildman–Crippen MR) is 105 cm³/mol. The molecule has 150 valence electrons. The summed E-state index contributed by atoms with van der Waals surface area (Å²) in [5.41, 5.74) is 5.68. The van der Waals surface area contributed by atoms with Crippen LogP contribution in [0.25, 0.3) is 0 Å². The van der Waals surface area contributed by atoms with Gasteiger partial charge in [0, 0.05) is 18.8 Å². The number of aliphatic carboxylic acids is 1. The molecule has 7 nitrogen and oxygen atoms in total. The van der Waals surface area contributed by atoms with Crippen molar-refractivity contribution in [2.75, 3.05) is 18.4 Å². The van der Waals surface area contributed by atoms with Gasteiger partial charge in [-0.15, -0.1) is 0 Å². The van der Waals surface area contributed by atoms with Gasteiger partial charge in [0.2, 0.25) is 11.8 Å². The number of hydrogen-bond acceptors (Lipinski definition) is 4. The van der Waals surface area contributed by atoms with Crippen LogP contribution in [0.1, 0.15) is 37.7 Å². The molecule has 4 N–H and O–H groups in total. The van der Waals surface area contributed by atoms with Crippen molar-refractivity contribution >= 4 is 23.5 Å². The standard InChI is InChI=1S/C21H27N3O4/c22-18(25)16-5-4-12-24(14-16)13-15-6-8-17(9-7-15)23-19(26)21(20(27)28)10-2-1-3-11-21/h1-2,6-9,16H,3-5,10-14H2,(H2,22,25)(H,23,26)(H,27,28). The van der Waals surface area contributed by atoms with E-state index in [1.165, 1.54) is 0 Å². The van der Waals surface area contributed by atoms with Gasteiger partial charge in [-0.05, 0) is 56.3 Å². The number of primary amides is 1. The Morgan fingerprint density at radius 1 is 1.21 bits per heavy atom. The van der Waals surface area contributed by atoms with Crippen LogP contribution < -0.4 is 11.1 Å². The number of allylic oxidation sites excluding steroid dienone is 2. The number of benzene rings is 1. The second kappa shape index (κ2) is 8.56. The Kier molecular flexibility index (Phi) is 6.14. The minimum Gasteiger partial charge on any atom is -0.480 e.